The van der Waals surface area contributed by atoms with Gasteiger partial charge < -0.3 is 18.9 Å². The predicted octanol–water partition coefficient (Wildman–Crippen LogP) is 14.3. The fraction of sp³-hybridized carbons (Fsp3) is 0.455. The molecule has 61 heavy (non-hydrogen) atoms. The summed E-state index contributed by atoms with van der Waals surface area (Å²) >= 11 is 0. The molecule has 2 aromatic heterocycles. The molecule has 0 radical (unpaired) electrons. The Kier molecular flexibility index (Phi) is 14.7. The van der Waals surface area contributed by atoms with Crippen molar-refractivity contribution < 1.29 is 18.9 Å². The number of aromatic nitrogens is 2. The first kappa shape index (κ1) is 42.6. The van der Waals surface area contributed by atoms with Gasteiger partial charge in [0.1, 0.15) is 23.0 Å². The van der Waals surface area contributed by atoms with Gasteiger partial charge in [0.25, 0.3) is 0 Å². The van der Waals surface area contributed by atoms with Gasteiger partial charge in [-0.1, -0.05) is 102 Å². The van der Waals surface area contributed by atoms with Gasteiger partial charge >= 0.3 is 0 Å². The van der Waals surface area contributed by atoms with E-state index in [4.69, 9.17) is 28.9 Å². The van der Waals surface area contributed by atoms with Crippen molar-refractivity contribution in [2.24, 2.45) is 0 Å². The van der Waals surface area contributed by atoms with E-state index in [0.717, 1.165) is 108 Å². The zero-order valence-corrected chi connectivity index (χ0v) is 36.8. The van der Waals surface area contributed by atoms with Crippen molar-refractivity contribution in [2.45, 2.75) is 135 Å². The summed E-state index contributed by atoms with van der Waals surface area (Å²) in [6.07, 6.45) is 20.6. The highest BCUT2D eigenvalue weighted by Gasteiger charge is 2.33. The van der Waals surface area contributed by atoms with Gasteiger partial charge in [0.05, 0.1) is 48.8 Å². The first-order chi connectivity index (χ1) is 30.1. The number of ether oxygens (including phenoxy) is 4. The topological polar surface area (TPSA) is 62.7 Å². The van der Waals surface area contributed by atoms with Crippen LogP contribution in [0.5, 0.6) is 23.0 Å². The Balaban J connectivity index is 1.03. The molecule has 3 aliphatic heterocycles. The van der Waals surface area contributed by atoms with Gasteiger partial charge in [0.15, 0.2) is 0 Å². The molecule has 0 atom stereocenters. The normalized spacial score (nSPS) is 15.5. The zero-order chi connectivity index (χ0) is 41.7. The average molecular weight is 819 g/mol. The summed E-state index contributed by atoms with van der Waals surface area (Å²) in [5.74, 6) is 3.55. The van der Waals surface area contributed by atoms with Crippen molar-refractivity contribution in [1.29, 1.82) is 0 Å². The Hall–Kier alpha value is -5.10. The van der Waals surface area contributed by atoms with Crippen LogP contribution in [0.3, 0.4) is 0 Å². The van der Waals surface area contributed by atoms with Gasteiger partial charge in [-0.15, -0.1) is 0 Å². The van der Waals surface area contributed by atoms with Gasteiger partial charge in [-0.25, -0.2) is 9.97 Å². The van der Waals surface area contributed by atoms with Crippen LogP contribution in [0.4, 0.5) is 0 Å². The highest BCUT2D eigenvalue weighted by molar-refractivity contribution is 5.88. The van der Waals surface area contributed by atoms with E-state index < -0.39 is 0 Å². The van der Waals surface area contributed by atoms with Crippen LogP contribution in [0.1, 0.15) is 139 Å². The highest BCUT2D eigenvalue weighted by Crippen LogP contribution is 2.43. The molecule has 1 aliphatic carbocycles. The SMILES string of the molecule is CCCCCCCC1(CCCCCCC)c2ccc(cc2)OCCCCOc2ccc3cc4c(nc3c2)-c2nc3cc(ccc3cc2CC4)OCCCCOc2ccc1cc2. The van der Waals surface area contributed by atoms with Crippen LogP contribution in [-0.2, 0) is 18.3 Å². The van der Waals surface area contributed by atoms with E-state index in [0.29, 0.717) is 26.4 Å². The summed E-state index contributed by atoms with van der Waals surface area (Å²) in [4.78, 5) is 10.4. The van der Waals surface area contributed by atoms with Crippen LogP contribution in [-0.4, -0.2) is 36.4 Å². The van der Waals surface area contributed by atoms with E-state index in [1.807, 2.05) is 0 Å². The lowest BCUT2D eigenvalue weighted by Crippen LogP contribution is -2.28. The molecule has 10 rings (SSSR count). The maximum Gasteiger partial charge on any atom is 0.121 e. The summed E-state index contributed by atoms with van der Waals surface area (Å²) in [7, 11) is 0. The lowest BCUT2D eigenvalue weighted by molar-refractivity contribution is 0.266. The number of hydrogen-bond acceptors (Lipinski definition) is 6. The molecule has 6 aromatic rings. The van der Waals surface area contributed by atoms with Crippen molar-refractivity contribution in [2.75, 3.05) is 26.4 Å². The number of nitrogens with zero attached hydrogens (tertiary/aromatic N) is 2. The Labute approximate surface area is 364 Å². The molecule has 4 aromatic carbocycles. The molecule has 0 unspecified atom stereocenters. The van der Waals surface area contributed by atoms with Crippen LogP contribution < -0.4 is 18.9 Å². The highest BCUT2D eigenvalue weighted by atomic mass is 16.5. The van der Waals surface area contributed by atoms with Crippen molar-refractivity contribution in [3.8, 4) is 34.4 Å². The molecule has 0 N–H and O–H groups in total. The van der Waals surface area contributed by atoms with E-state index >= 15 is 0 Å². The quantitative estimate of drug-likeness (QED) is 0.115. The number of unbranched alkanes of at least 4 members (excludes halogenated alkanes) is 8. The van der Waals surface area contributed by atoms with Crippen LogP contribution in [0.2, 0.25) is 0 Å². The maximum absolute atomic E-state index is 6.33. The molecule has 0 saturated carbocycles. The van der Waals surface area contributed by atoms with Gasteiger partial charge in [-0.3, -0.25) is 0 Å². The smallest absolute Gasteiger partial charge is 0.121 e. The number of fused-ring (bicyclic) bond motifs is 2. The first-order valence-electron chi connectivity index (χ1n) is 23.7. The largest absolute Gasteiger partial charge is 0.494 e. The molecular weight excluding hydrogens is 753 g/mol. The number of benzene rings is 4. The standard InChI is InChI=1S/C55H66N2O4/c1-3-5-7-9-11-31-55(32-12-10-8-6-4-2)45-21-27-47(28-22-45)58-33-13-15-35-60-49-25-19-41-37-43-17-18-44-38-42-20-26-50(40-52(42)57-54(44)53(43)56-51(41)39-49)61-36-16-14-34-59-48-29-23-46(55)24-30-48/h19-30,37-40H,3-18,31-36H2,1-2H3. The van der Waals surface area contributed by atoms with Crippen molar-refractivity contribution in [3.63, 3.8) is 0 Å². The first-order valence-corrected chi connectivity index (χ1v) is 23.7. The van der Waals surface area contributed by atoms with Crippen LogP contribution >= 0.6 is 0 Å². The average Bonchev–Trinajstić information content (AvgIpc) is 3.29. The monoisotopic (exact) mass is 819 g/mol. The van der Waals surface area contributed by atoms with Gasteiger partial charge in [-0.05, 0) is 134 Å². The molecule has 10 bridgehead atoms. The molecule has 0 amide bonds. The maximum atomic E-state index is 6.33. The fourth-order valence-electron chi connectivity index (χ4n) is 9.46. The summed E-state index contributed by atoms with van der Waals surface area (Å²) in [5.41, 5.74) is 9.06. The minimum Gasteiger partial charge on any atom is -0.494 e. The second-order valence-electron chi connectivity index (χ2n) is 17.5. The Morgan fingerprint density at radius 3 is 1.21 bits per heavy atom. The lowest BCUT2D eigenvalue weighted by atomic mass is 9.68. The summed E-state index contributed by atoms with van der Waals surface area (Å²) < 4.78 is 25.2. The second-order valence-corrected chi connectivity index (χ2v) is 17.5. The van der Waals surface area contributed by atoms with Gasteiger partial charge in [0.2, 0.25) is 0 Å². The third-order valence-corrected chi connectivity index (χ3v) is 13.0. The van der Waals surface area contributed by atoms with E-state index in [1.165, 1.54) is 86.5 Å². The minimum absolute atomic E-state index is 0.0515. The molecule has 320 valence electrons. The molecule has 5 heterocycles. The molecular formula is C55H66N2O4. The number of pyridine rings is 2. The summed E-state index contributed by atoms with van der Waals surface area (Å²) in [6, 6.07) is 35.3. The van der Waals surface area contributed by atoms with Crippen LogP contribution in [0.25, 0.3) is 33.2 Å². The minimum atomic E-state index is -0.0515. The third-order valence-electron chi connectivity index (χ3n) is 13.0. The molecule has 6 nitrogen and oxygen atoms in total. The third kappa shape index (κ3) is 10.7. The van der Waals surface area contributed by atoms with E-state index in [-0.39, 0.29) is 5.41 Å². The van der Waals surface area contributed by atoms with E-state index in [9.17, 15) is 0 Å². The number of hydrogen-bond donors (Lipinski definition) is 0. The van der Waals surface area contributed by atoms with Crippen molar-refractivity contribution in [1.82, 2.24) is 9.97 Å². The van der Waals surface area contributed by atoms with E-state index in [1.54, 1.807) is 0 Å². The second kappa shape index (κ2) is 21.1. The molecule has 0 fully saturated rings. The van der Waals surface area contributed by atoms with Crippen LogP contribution in [0, 0.1) is 0 Å². The number of rotatable bonds is 12. The summed E-state index contributed by atoms with van der Waals surface area (Å²) in [6.45, 7) is 7.17. The molecule has 0 spiro atoms. The molecule has 6 heteroatoms. The Morgan fingerprint density at radius 1 is 0.426 bits per heavy atom. The van der Waals surface area contributed by atoms with Crippen LogP contribution in [0.15, 0.2) is 97.1 Å². The van der Waals surface area contributed by atoms with Gasteiger partial charge in [-0.2, -0.15) is 0 Å². The number of aryl methyl sites for hydroxylation is 2. The fourth-order valence-corrected chi connectivity index (χ4v) is 9.46. The predicted molar refractivity (Wildman–Crippen MR) is 251 cm³/mol. The molecule has 0 saturated heterocycles. The van der Waals surface area contributed by atoms with Crippen molar-refractivity contribution in [3.05, 3.63) is 119 Å². The van der Waals surface area contributed by atoms with E-state index in [2.05, 4.69) is 111 Å². The molecule has 4 aliphatic rings. The lowest BCUT2D eigenvalue weighted by Gasteiger charge is -2.36. The Bertz CT molecular complexity index is 2150. The summed E-state index contributed by atoms with van der Waals surface area (Å²) in [5, 5.41) is 2.26. The Morgan fingerprint density at radius 2 is 0.803 bits per heavy atom. The van der Waals surface area contributed by atoms with Gasteiger partial charge in [0, 0.05) is 28.3 Å². The zero-order valence-electron chi connectivity index (χ0n) is 36.8. The van der Waals surface area contributed by atoms with Crippen molar-refractivity contribution >= 4 is 21.8 Å².